The van der Waals surface area contributed by atoms with Crippen LogP contribution in [0.15, 0.2) is 97.2 Å². The topological polar surface area (TPSA) is 320 Å². The van der Waals surface area contributed by atoms with Crippen LogP contribution in [-0.4, -0.2) is 180 Å². The number of methoxy groups -OCH3 is 1. The number of carbonyl (C=O) groups excluding carboxylic acids is 11. The second-order valence-electron chi connectivity index (χ2n) is 25.5. The third kappa shape index (κ3) is 21.5. The van der Waals surface area contributed by atoms with E-state index >= 15 is 0 Å². The summed E-state index contributed by atoms with van der Waals surface area (Å²) in [4.78, 5) is 150. The van der Waals surface area contributed by atoms with Crippen LogP contribution in [0.4, 0.5) is 9.18 Å². The number of carbonyl (C=O) groups is 11. The molecule has 26 nitrogen and oxygen atoms in total. The molecule has 8 rings (SSSR count). The van der Waals surface area contributed by atoms with Crippen molar-refractivity contribution in [2.24, 2.45) is 5.92 Å². The normalized spacial score (nSPS) is 17.2. The number of aryl methyl sites for hydroxylation is 2. The summed E-state index contributed by atoms with van der Waals surface area (Å²) in [7, 11) is 1.56. The molecule has 2 fully saturated rings. The third-order valence-corrected chi connectivity index (χ3v) is 17.5. The van der Waals surface area contributed by atoms with Gasteiger partial charge < -0.3 is 66.4 Å². The largest absolute Gasteiger partial charge is 0.497 e. The Labute approximate surface area is 570 Å². The second-order valence-corrected chi connectivity index (χ2v) is 25.5. The van der Waals surface area contributed by atoms with Crippen LogP contribution in [0, 0.1) is 18.7 Å². The first-order chi connectivity index (χ1) is 47.2. The fourth-order valence-corrected chi connectivity index (χ4v) is 12.2. The van der Waals surface area contributed by atoms with Crippen molar-refractivity contribution in [3.05, 3.63) is 136 Å². The molecular formula is C71H92FN13O13. The summed E-state index contributed by atoms with van der Waals surface area (Å²) in [6, 6.07) is 22.1. The van der Waals surface area contributed by atoms with Crippen molar-refractivity contribution in [1.29, 1.82) is 0 Å². The summed E-state index contributed by atoms with van der Waals surface area (Å²) in [6.07, 6.45) is 6.33. The number of hydrogen-bond donors (Lipinski definition) is 8. The van der Waals surface area contributed by atoms with Crippen molar-refractivity contribution in [1.82, 2.24) is 66.9 Å². The van der Waals surface area contributed by atoms with E-state index in [9.17, 15) is 57.1 Å². The lowest BCUT2D eigenvalue weighted by Gasteiger charge is -2.32. The van der Waals surface area contributed by atoms with Gasteiger partial charge in [-0.2, -0.15) is 0 Å². The zero-order valence-electron chi connectivity index (χ0n) is 56.5. The van der Waals surface area contributed by atoms with Crippen molar-refractivity contribution in [3.63, 3.8) is 0 Å². The second kappa shape index (κ2) is 36.4. The van der Waals surface area contributed by atoms with Gasteiger partial charge in [0.05, 0.1) is 20.2 Å². The van der Waals surface area contributed by atoms with Crippen molar-refractivity contribution in [2.45, 2.75) is 155 Å². The van der Waals surface area contributed by atoms with Gasteiger partial charge in [0.2, 0.25) is 53.7 Å². The minimum atomic E-state index is -1.26. The predicted molar refractivity (Wildman–Crippen MR) is 361 cm³/mol. The molecule has 12 amide bonds. The molecule has 526 valence electrons. The molecule has 4 bridgehead atoms. The number of hydrazine groups is 1. The van der Waals surface area contributed by atoms with Crippen LogP contribution in [0.5, 0.6) is 5.75 Å². The number of nitrogens with one attached hydrogen (secondary N) is 8. The maximum absolute atomic E-state index is 14.1. The highest BCUT2D eigenvalue weighted by Gasteiger charge is 2.41. The van der Waals surface area contributed by atoms with Gasteiger partial charge in [-0.05, 0) is 116 Å². The molecule has 27 heteroatoms. The van der Waals surface area contributed by atoms with Crippen LogP contribution in [0.1, 0.15) is 112 Å². The Bertz CT molecular complexity index is 3620. The SMILES string of the molecule is COc1ccc(C[C@H](NC=O)C(=O)N2CCC[C@H]2C(=O)NCCc2ccc(CN(CCCCCCn3cc(C)c4cc(F)ccc43)C(=O)CCC(=O)N[C@@H](C)C(=O)NCC(=O)N[C@H]3Cc4cccc(c4)CNC(=O)CO[C@H]4CCN(C(=O)CNC3=O)N4C(=O)NCC(C)C)cc2)cc1. The number of urea groups is 1. The highest BCUT2D eigenvalue weighted by Crippen LogP contribution is 2.25. The van der Waals surface area contributed by atoms with Gasteiger partial charge in [0.15, 0.2) is 6.23 Å². The van der Waals surface area contributed by atoms with E-state index in [0.717, 1.165) is 69.0 Å². The zero-order chi connectivity index (χ0) is 70.3. The van der Waals surface area contributed by atoms with Crippen LogP contribution in [-0.2, 0) is 91.6 Å². The number of likely N-dealkylation sites (tertiary alicyclic amines) is 1. The molecule has 8 N–H and O–H groups in total. The minimum absolute atomic E-state index is 0.0540. The van der Waals surface area contributed by atoms with Crippen molar-refractivity contribution >= 4 is 76.5 Å². The maximum Gasteiger partial charge on any atom is 0.338 e. The van der Waals surface area contributed by atoms with Gasteiger partial charge in [-0.3, -0.25) is 47.9 Å². The third-order valence-electron chi connectivity index (χ3n) is 17.5. The Morgan fingerprint density at radius 3 is 2.31 bits per heavy atom. The lowest BCUT2D eigenvalue weighted by atomic mass is 10.0. The molecule has 1 aromatic heterocycles. The molecular weight excluding hydrogens is 1260 g/mol. The number of fused-ring (bicyclic) bond motifs is 5. The first-order valence-electron chi connectivity index (χ1n) is 33.7. The molecule has 3 aliphatic rings. The molecule has 4 heterocycles. The van der Waals surface area contributed by atoms with E-state index in [1.54, 1.807) is 60.5 Å². The number of ether oxygens (including phenoxy) is 2. The van der Waals surface area contributed by atoms with E-state index in [4.69, 9.17) is 9.47 Å². The molecule has 0 spiro atoms. The van der Waals surface area contributed by atoms with Crippen LogP contribution in [0.2, 0.25) is 0 Å². The molecule has 3 aliphatic heterocycles. The number of aromatic nitrogens is 1. The molecule has 0 unspecified atom stereocenters. The molecule has 0 radical (unpaired) electrons. The molecule has 5 atom stereocenters. The number of unbranched alkanes of at least 4 members (excludes halogenated alkanes) is 3. The molecule has 5 aromatic rings. The number of hydrogen-bond acceptors (Lipinski definition) is 13. The van der Waals surface area contributed by atoms with E-state index in [-0.39, 0.29) is 87.8 Å². The Hall–Kier alpha value is -9.92. The lowest BCUT2D eigenvalue weighted by molar-refractivity contribution is -0.152. The number of benzene rings is 4. The predicted octanol–water partition coefficient (Wildman–Crippen LogP) is 3.73. The van der Waals surface area contributed by atoms with Gasteiger partial charge in [-0.15, -0.1) is 0 Å². The van der Waals surface area contributed by atoms with Gasteiger partial charge in [-0.25, -0.2) is 19.2 Å². The van der Waals surface area contributed by atoms with E-state index < -0.39 is 85.0 Å². The Kier molecular flexibility index (Phi) is 27.5. The summed E-state index contributed by atoms with van der Waals surface area (Å²) < 4.78 is 27.2. The quantitative estimate of drug-likeness (QED) is 0.0250. The van der Waals surface area contributed by atoms with Crippen molar-refractivity contribution < 1.29 is 66.6 Å². The maximum atomic E-state index is 14.1. The first kappa shape index (κ1) is 73.9. The van der Waals surface area contributed by atoms with Crippen molar-refractivity contribution in [3.8, 4) is 5.75 Å². The summed E-state index contributed by atoms with van der Waals surface area (Å²) in [5.74, 6) is -4.35. The Morgan fingerprint density at radius 2 is 1.55 bits per heavy atom. The number of rotatable bonds is 29. The van der Waals surface area contributed by atoms with E-state index in [0.29, 0.717) is 75.1 Å². The fraction of sp³-hybridized carbons (Fsp3) is 0.479. The van der Waals surface area contributed by atoms with Crippen LogP contribution in [0.25, 0.3) is 10.9 Å². The molecule has 98 heavy (non-hydrogen) atoms. The molecule has 2 saturated heterocycles. The highest BCUT2D eigenvalue weighted by atomic mass is 19.1. The Balaban J connectivity index is 0.829. The van der Waals surface area contributed by atoms with Gasteiger partial charge in [0.25, 0.3) is 5.91 Å². The summed E-state index contributed by atoms with van der Waals surface area (Å²) in [5, 5.41) is 24.6. The van der Waals surface area contributed by atoms with Gasteiger partial charge in [0, 0.05) is 102 Å². The van der Waals surface area contributed by atoms with Gasteiger partial charge >= 0.3 is 6.03 Å². The number of amides is 12. The number of halogens is 1. The summed E-state index contributed by atoms with van der Waals surface area (Å²) in [5.41, 5.74) is 5.82. The highest BCUT2D eigenvalue weighted by molar-refractivity contribution is 5.95. The molecule has 0 aliphatic carbocycles. The van der Waals surface area contributed by atoms with Crippen LogP contribution >= 0.6 is 0 Å². The molecule has 0 saturated carbocycles. The fourth-order valence-electron chi connectivity index (χ4n) is 12.2. The first-order valence-corrected chi connectivity index (χ1v) is 33.7. The molecule has 4 aromatic carbocycles. The monoisotopic (exact) mass is 1350 g/mol. The van der Waals surface area contributed by atoms with E-state index in [1.165, 1.54) is 17.9 Å². The lowest BCUT2D eigenvalue weighted by Crippen LogP contribution is -2.56. The van der Waals surface area contributed by atoms with Gasteiger partial charge in [-0.1, -0.05) is 87.4 Å². The standard InChI is InChI=1S/C71H92FN13O13/c1-46(2)38-77-71(96)85-66-28-33-84(85)65(91)41-76-68(93)57(36-52-12-10-13-53(34-52)39-74-63(89)44-98-66)80-62(88)40-75-67(92)48(4)79-61(87)25-26-64(90)82(31-9-7-6-8-30-81-42-47(3)56-37-54(72)21-24-59(56)81)43-51-17-15-49(16-18-51)27-29-73-69(94)60-14-11-32-83(60)70(95)58(78-45-86)35-50-19-22-55(97-5)23-20-50/h10,12-13,15-24,34,37,42,45-46,48,57-58,60,66H,6-9,11,14,25-33,35-36,38-41,43-44H2,1-5H3,(H,73,94)(H,74,89)(H,75,92)(H,76,93)(H,77,96)(H,78,86)(H,79,87)(H,80,88)/t48-,57-,58-,60-,66-/m0/s1. The zero-order valence-corrected chi connectivity index (χ0v) is 56.5. The van der Waals surface area contributed by atoms with E-state index in [2.05, 4.69) is 47.1 Å². The van der Waals surface area contributed by atoms with Crippen LogP contribution < -0.4 is 47.3 Å². The summed E-state index contributed by atoms with van der Waals surface area (Å²) in [6.45, 7) is 8.15. The van der Waals surface area contributed by atoms with Crippen LogP contribution in [0.3, 0.4) is 0 Å². The smallest absolute Gasteiger partial charge is 0.338 e. The van der Waals surface area contributed by atoms with Crippen molar-refractivity contribution in [2.75, 3.05) is 59.5 Å². The minimum Gasteiger partial charge on any atom is -0.497 e. The average molecular weight is 1350 g/mol. The average Bonchev–Trinajstić information content (AvgIpc) is 1.71. The van der Waals surface area contributed by atoms with E-state index in [1.807, 2.05) is 63.4 Å². The van der Waals surface area contributed by atoms with Gasteiger partial charge in [0.1, 0.15) is 42.3 Å². The Morgan fingerprint density at radius 1 is 0.806 bits per heavy atom. The summed E-state index contributed by atoms with van der Waals surface area (Å²) >= 11 is 0. The number of nitrogens with zero attached hydrogens (tertiary/aromatic N) is 5.